The lowest BCUT2D eigenvalue weighted by atomic mass is 10.0. The summed E-state index contributed by atoms with van der Waals surface area (Å²) in [6, 6.07) is 8.99. The first-order valence-electron chi connectivity index (χ1n) is 9.87. The van der Waals surface area contributed by atoms with E-state index >= 15 is 0 Å². The summed E-state index contributed by atoms with van der Waals surface area (Å²) in [4.78, 5) is 42.6. The standard InChI is InChI=1S/C22H19N3O6S2/c1-13-18(21(27)31-10-9-30-2)19(16-4-3-11-32-16)24-20(26)17(33-22(24)23-13)12-14-5-7-15(8-6-14)25(28)29/h3-8,11-12,19H,9-10H2,1-2H3. The van der Waals surface area contributed by atoms with Crippen LogP contribution in [0, 0.1) is 10.1 Å². The van der Waals surface area contributed by atoms with E-state index in [-0.39, 0.29) is 24.5 Å². The predicted octanol–water partition coefficient (Wildman–Crippen LogP) is 2.39. The van der Waals surface area contributed by atoms with Gasteiger partial charge in [-0.25, -0.2) is 9.79 Å². The van der Waals surface area contributed by atoms with E-state index in [1.807, 2.05) is 17.5 Å². The first-order valence-corrected chi connectivity index (χ1v) is 11.6. The molecule has 1 atom stereocenters. The number of benzene rings is 1. The number of hydrogen-bond acceptors (Lipinski definition) is 9. The second-order valence-corrected chi connectivity index (χ2v) is 9.06. The van der Waals surface area contributed by atoms with Gasteiger partial charge in [0.25, 0.3) is 11.2 Å². The molecular weight excluding hydrogens is 466 g/mol. The lowest BCUT2D eigenvalue weighted by Crippen LogP contribution is -2.39. The van der Waals surface area contributed by atoms with Crippen LogP contribution >= 0.6 is 22.7 Å². The van der Waals surface area contributed by atoms with Crippen molar-refractivity contribution >= 4 is 40.4 Å². The van der Waals surface area contributed by atoms with Gasteiger partial charge in [0.05, 0.1) is 27.3 Å². The molecule has 1 unspecified atom stereocenters. The molecule has 0 fully saturated rings. The van der Waals surface area contributed by atoms with E-state index in [2.05, 4.69) is 4.99 Å². The van der Waals surface area contributed by atoms with Crippen LogP contribution in [-0.2, 0) is 14.3 Å². The number of hydrogen-bond donors (Lipinski definition) is 0. The summed E-state index contributed by atoms with van der Waals surface area (Å²) >= 11 is 2.63. The summed E-state index contributed by atoms with van der Waals surface area (Å²) in [7, 11) is 1.52. The monoisotopic (exact) mass is 485 g/mol. The van der Waals surface area contributed by atoms with Crippen molar-refractivity contribution in [2.75, 3.05) is 20.3 Å². The molecule has 1 aliphatic heterocycles. The summed E-state index contributed by atoms with van der Waals surface area (Å²) in [5.41, 5.74) is 1.11. The van der Waals surface area contributed by atoms with Gasteiger partial charge in [0.15, 0.2) is 4.80 Å². The van der Waals surface area contributed by atoms with E-state index < -0.39 is 16.9 Å². The second-order valence-electron chi connectivity index (χ2n) is 7.07. The van der Waals surface area contributed by atoms with Crippen LogP contribution in [0.5, 0.6) is 0 Å². The predicted molar refractivity (Wildman–Crippen MR) is 124 cm³/mol. The molecule has 170 valence electrons. The molecule has 0 N–H and O–H groups in total. The van der Waals surface area contributed by atoms with Gasteiger partial charge < -0.3 is 9.47 Å². The number of fused-ring (bicyclic) bond motifs is 1. The molecule has 0 saturated heterocycles. The quantitative estimate of drug-likeness (QED) is 0.220. The Balaban J connectivity index is 1.82. The fourth-order valence-corrected chi connectivity index (χ4v) is 5.31. The van der Waals surface area contributed by atoms with Gasteiger partial charge in [0, 0.05) is 24.1 Å². The van der Waals surface area contributed by atoms with E-state index in [1.54, 1.807) is 25.1 Å². The van der Waals surface area contributed by atoms with Gasteiger partial charge in [-0.2, -0.15) is 0 Å². The Bertz CT molecular complexity index is 1400. The van der Waals surface area contributed by atoms with Crippen LogP contribution < -0.4 is 14.9 Å². The number of thiazole rings is 1. The molecule has 11 heteroatoms. The zero-order chi connectivity index (χ0) is 23.5. The molecule has 3 heterocycles. The van der Waals surface area contributed by atoms with Crippen LogP contribution in [0.25, 0.3) is 6.08 Å². The highest BCUT2D eigenvalue weighted by Crippen LogP contribution is 2.33. The first kappa shape index (κ1) is 22.8. The lowest BCUT2D eigenvalue weighted by molar-refractivity contribution is -0.384. The minimum absolute atomic E-state index is 0.0291. The smallest absolute Gasteiger partial charge is 0.338 e. The Hall–Kier alpha value is -3.41. The molecule has 33 heavy (non-hydrogen) atoms. The Morgan fingerprint density at radius 2 is 2.03 bits per heavy atom. The van der Waals surface area contributed by atoms with E-state index in [0.29, 0.717) is 26.2 Å². The third kappa shape index (κ3) is 4.56. The Labute approximate surface area is 195 Å². The summed E-state index contributed by atoms with van der Waals surface area (Å²) in [6.07, 6.45) is 1.66. The molecule has 4 rings (SSSR count). The van der Waals surface area contributed by atoms with Crippen LogP contribution in [0.1, 0.15) is 23.4 Å². The minimum atomic E-state index is -0.657. The molecule has 0 spiro atoms. The van der Waals surface area contributed by atoms with Crippen LogP contribution in [-0.4, -0.2) is 35.8 Å². The molecule has 1 aromatic carbocycles. The van der Waals surface area contributed by atoms with Crippen LogP contribution in [0.2, 0.25) is 0 Å². The van der Waals surface area contributed by atoms with Gasteiger partial charge >= 0.3 is 5.97 Å². The number of ether oxygens (including phenoxy) is 2. The Morgan fingerprint density at radius 3 is 2.67 bits per heavy atom. The van der Waals surface area contributed by atoms with Crippen LogP contribution in [0.15, 0.2) is 62.8 Å². The maximum absolute atomic E-state index is 13.4. The number of non-ortho nitro benzene ring substituents is 1. The highest BCUT2D eigenvalue weighted by molar-refractivity contribution is 7.10. The van der Waals surface area contributed by atoms with Crippen LogP contribution in [0.4, 0.5) is 5.69 Å². The van der Waals surface area contributed by atoms with Gasteiger partial charge in [0.1, 0.15) is 12.6 Å². The number of carbonyl (C=O) groups is 1. The Morgan fingerprint density at radius 1 is 1.27 bits per heavy atom. The molecule has 3 aromatic rings. The highest BCUT2D eigenvalue weighted by atomic mass is 32.1. The molecule has 9 nitrogen and oxygen atoms in total. The number of nitro groups is 1. The van der Waals surface area contributed by atoms with Gasteiger partial charge in [-0.1, -0.05) is 17.4 Å². The zero-order valence-electron chi connectivity index (χ0n) is 17.7. The Kier molecular flexibility index (Phi) is 6.63. The summed E-state index contributed by atoms with van der Waals surface area (Å²) in [5.74, 6) is -0.545. The molecule has 0 aliphatic carbocycles. The number of nitro benzene ring substituents is 1. The molecular formula is C22H19N3O6S2. The average Bonchev–Trinajstić information content (AvgIpc) is 3.42. The molecule has 0 radical (unpaired) electrons. The number of allylic oxidation sites excluding steroid dienone is 1. The third-order valence-electron chi connectivity index (χ3n) is 4.98. The fourth-order valence-electron chi connectivity index (χ4n) is 3.44. The number of thiophene rings is 1. The van der Waals surface area contributed by atoms with Crippen LogP contribution in [0.3, 0.4) is 0 Å². The first-order chi connectivity index (χ1) is 15.9. The van der Waals surface area contributed by atoms with Crippen molar-refractivity contribution < 1.29 is 19.2 Å². The number of carbonyl (C=O) groups excluding carboxylic acids is 1. The number of esters is 1. The average molecular weight is 486 g/mol. The minimum Gasteiger partial charge on any atom is -0.460 e. The second kappa shape index (κ2) is 9.61. The van der Waals surface area contributed by atoms with Crippen molar-refractivity contribution in [3.05, 3.63) is 93.3 Å². The van der Waals surface area contributed by atoms with Crippen molar-refractivity contribution in [3.63, 3.8) is 0 Å². The molecule has 2 aromatic heterocycles. The van der Waals surface area contributed by atoms with E-state index in [4.69, 9.17) is 9.47 Å². The molecule has 1 aliphatic rings. The molecule has 0 saturated carbocycles. The van der Waals surface area contributed by atoms with E-state index in [0.717, 1.165) is 4.88 Å². The highest BCUT2D eigenvalue weighted by Gasteiger charge is 2.34. The van der Waals surface area contributed by atoms with Gasteiger partial charge in [-0.3, -0.25) is 19.5 Å². The SMILES string of the molecule is COCCOC(=O)C1=C(C)N=c2sc(=Cc3ccc([N+](=O)[O-])cc3)c(=O)n2C1c1cccs1. The summed E-state index contributed by atoms with van der Waals surface area (Å²) < 4.78 is 12.2. The van der Waals surface area contributed by atoms with Gasteiger partial charge in [-0.05, 0) is 42.1 Å². The number of methoxy groups -OCH3 is 1. The van der Waals surface area contributed by atoms with Crippen molar-refractivity contribution in [3.8, 4) is 0 Å². The topological polar surface area (TPSA) is 113 Å². The molecule has 0 bridgehead atoms. The summed E-state index contributed by atoms with van der Waals surface area (Å²) in [6.45, 7) is 2.08. The maximum atomic E-state index is 13.4. The molecule has 0 amide bonds. The fraction of sp³-hybridized carbons (Fsp3) is 0.227. The third-order valence-corrected chi connectivity index (χ3v) is 6.88. The number of rotatable bonds is 7. The largest absolute Gasteiger partial charge is 0.460 e. The zero-order valence-corrected chi connectivity index (χ0v) is 19.4. The van der Waals surface area contributed by atoms with Gasteiger partial charge in [-0.15, -0.1) is 11.3 Å². The van der Waals surface area contributed by atoms with E-state index in [9.17, 15) is 19.7 Å². The van der Waals surface area contributed by atoms with Gasteiger partial charge in [0.2, 0.25) is 0 Å². The van der Waals surface area contributed by atoms with Crippen molar-refractivity contribution in [1.82, 2.24) is 4.57 Å². The summed E-state index contributed by atoms with van der Waals surface area (Å²) in [5, 5.41) is 12.8. The van der Waals surface area contributed by atoms with Crippen molar-refractivity contribution in [2.45, 2.75) is 13.0 Å². The normalized spacial score (nSPS) is 15.8. The van der Waals surface area contributed by atoms with Crippen molar-refractivity contribution in [2.24, 2.45) is 4.99 Å². The van der Waals surface area contributed by atoms with E-state index in [1.165, 1.54) is 46.5 Å². The lowest BCUT2D eigenvalue weighted by Gasteiger charge is -2.23. The number of aromatic nitrogens is 1. The maximum Gasteiger partial charge on any atom is 0.338 e. The van der Waals surface area contributed by atoms with Crippen molar-refractivity contribution in [1.29, 1.82) is 0 Å². The number of nitrogens with zero attached hydrogens (tertiary/aromatic N) is 3.